The van der Waals surface area contributed by atoms with Crippen molar-refractivity contribution in [3.63, 3.8) is 0 Å². The molecule has 1 heteroatoms. The molecule has 1 fully saturated rings. The van der Waals surface area contributed by atoms with Crippen molar-refractivity contribution in [3.8, 4) is 0 Å². The van der Waals surface area contributed by atoms with E-state index >= 15 is 0 Å². The maximum absolute atomic E-state index is 10.4. The van der Waals surface area contributed by atoms with Crippen LogP contribution in [0.1, 0.15) is 50.7 Å². The summed E-state index contributed by atoms with van der Waals surface area (Å²) in [4.78, 5) is 0. The lowest BCUT2D eigenvalue weighted by atomic mass is 9.74. The zero-order chi connectivity index (χ0) is 13.8. The van der Waals surface area contributed by atoms with Crippen LogP contribution in [0.3, 0.4) is 0 Å². The maximum Gasteiger partial charge on any atom is 0.0608 e. The molecule has 0 saturated heterocycles. The third kappa shape index (κ3) is 4.07. The summed E-state index contributed by atoms with van der Waals surface area (Å²) in [5, 5.41) is 10.4. The molecule has 1 aromatic rings. The summed E-state index contributed by atoms with van der Waals surface area (Å²) >= 11 is 0. The summed E-state index contributed by atoms with van der Waals surface area (Å²) < 4.78 is 0. The monoisotopic (exact) mass is 260 g/mol. The SMILES string of the molecule is Cc1cccc(CC(O)C2CCC(C(C)C)CC2)c1. The predicted molar refractivity (Wildman–Crippen MR) is 81.2 cm³/mol. The number of hydrogen-bond donors (Lipinski definition) is 1. The van der Waals surface area contributed by atoms with Gasteiger partial charge in [0.1, 0.15) is 0 Å². The molecule has 0 amide bonds. The van der Waals surface area contributed by atoms with Crippen molar-refractivity contribution >= 4 is 0 Å². The zero-order valence-corrected chi connectivity index (χ0v) is 12.6. The van der Waals surface area contributed by atoms with Gasteiger partial charge in [0.2, 0.25) is 0 Å². The van der Waals surface area contributed by atoms with Crippen molar-refractivity contribution in [3.05, 3.63) is 35.4 Å². The first kappa shape index (κ1) is 14.6. The van der Waals surface area contributed by atoms with Crippen LogP contribution in [0.2, 0.25) is 0 Å². The molecule has 1 aromatic carbocycles. The molecule has 1 N–H and O–H groups in total. The highest BCUT2D eigenvalue weighted by molar-refractivity contribution is 5.22. The van der Waals surface area contributed by atoms with Crippen LogP contribution in [0, 0.1) is 24.7 Å². The number of aryl methyl sites for hydroxylation is 1. The maximum atomic E-state index is 10.4. The number of benzene rings is 1. The molecule has 0 aromatic heterocycles. The van der Waals surface area contributed by atoms with Crippen molar-refractivity contribution in [2.45, 2.75) is 59.0 Å². The van der Waals surface area contributed by atoms with E-state index in [1.807, 2.05) is 0 Å². The lowest BCUT2D eigenvalue weighted by Crippen LogP contribution is -2.28. The summed E-state index contributed by atoms with van der Waals surface area (Å²) in [5.41, 5.74) is 2.56. The van der Waals surface area contributed by atoms with Crippen LogP contribution < -0.4 is 0 Å². The first-order valence-corrected chi connectivity index (χ1v) is 7.80. The van der Waals surface area contributed by atoms with Crippen molar-refractivity contribution in [1.82, 2.24) is 0 Å². The van der Waals surface area contributed by atoms with E-state index in [0.29, 0.717) is 5.92 Å². The van der Waals surface area contributed by atoms with Gasteiger partial charge in [0.05, 0.1) is 6.10 Å². The minimum absolute atomic E-state index is 0.157. The molecule has 0 radical (unpaired) electrons. The van der Waals surface area contributed by atoms with Crippen molar-refractivity contribution in [2.24, 2.45) is 17.8 Å². The second-order valence-corrected chi connectivity index (χ2v) is 6.68. The van der Waals surface area contributed by atoms with Crippen LogP contribution in [-0.2, 0) is 6.42 Å². The molecule has 1 saturated carbocycles. The minimum Gasteiger partial charge on any atom is -0.392 e. The first-order valence-electron chi connectivity index (χ1n) is 7.80. The van der Waals surface area contributed by atoms with E-state index in [2.05, 4.69) is 45.0 Å². The topological polar surface area (TPSA) is 20.2 Å². The molecule has 19 heavy (non-hydrogen) atoms. The third-order valence-electron chi connectivity index (χ3n) is 4.83. The van der Waals surface area contributed by atoms with Gasteiger partial charge in [-0.25, -0.2) is 0 Å². The Morgan fingerprint density at radius 3 is 2.32 bits per heavy atom. The second-order valence-electron chi connectivity index (χ2n) is 6.68. The Balaban J connectivity index is 1.86. The molecular weight excluding hydrogens is 232 g/mol. The van der Waals surface area contributed by atoms with Crippen LogP contribution in [-0.4, -0.2) is 11.2 Å². The van der Waals surface area contributed by atoms with E-state index in [-0.39, 0.29) is 6.10 Å². The average Bonchev–Trinajstić information content (AvgIpc) is 2.39. The van der Waals surface area contributed by atoms with Crippen LogP contribution in [0.4, 0.5) is 0 Å². The Labute approximate surface area is 118 Å². The molecule has 1 unspecified atom stereocenters. The van der Waals surface area contributed by atoms with Gasteiger partial charge in [-0.2, -0.15) is 0 Å². The highest BCUT2D eigenvalue weighted by atomic mass is 16.3. The molecule has 1 atom stereocenters. The Kier molecular flexibility index (Phi) is 5.04. The van der Waals surface area contributed by atoms with Crippen LogP contribution in [0.5, 0.6) is 0 Å². The Morgan fingerprint density at radius 1 is 1.11 bits per heavy atom. The van der Waals surface area contributed by atoms with Gasteiger partial charge in [-0.1, -0.05) is 43.7 Å². The average molecular weight is 260 g/mol. The van der Waals surface area contributed by atoms with Gasteiger partial charge in [-0.15, -0.1) is 0 Å². The summed E-state index contributed by atoms with van der Waals surface area (Å²) in [6.45, 7) is 6.77. The van der Waals surface area contributed by atoms with Gasteiger partial charge in [0.25, 0.3) is 0 Å². The van der Waals surface area contributed by atoms with Gasteiger partial charge >= 0.3 is 0 Å². The molecule has 0 aliphatic heterocycles. The molecular formula is C18H28O. The van der Waals surface area contributed by atoms with E-state index in [1.54, 1.807) is 0 Å². The molecule has 2 rings (SSSR count). The van der Waals surface area contributed by atoms with Crippen LogP contribution >= 0.6 is 0 Å². The fourth-order valence-electron chi connectivity index (χ4n) is 3.44. The van der Waals surface area contributed by atoms with E-state index in [9.17, 15) is 5.11 Å². The predicted octanol–water partition coefficient (Wildman–Crippen LogP) is 4.36. The molecule has 1 aliphatic rings. The summed E-state index contributed by atoms with van der Waals surface area (Å²) in [7, 11) is 0. The highest BCUT2D eigenvalue weighted by Crippen LogP contribution is 2.35. The fraction of sp³-hybridized carbons (Fsp3) is 0.667. The van der Waals surface area contributed by atoms with Crippen LogP contribution in [0.25, 0.3) is 0 Å². The van der Waals surface area contributed by atoms with Gasteiger partial charge in [-0.3, -0.25) is 0 Å². The molecule has 0 heterocycles. The van der Waals surface area contributed by atoms with Crippen molar-refractivity contribution in [2.75, 3.05) is 0 Å². The minimum atomic E-state index is -0.157. The summed E-state index contributed by atoms with van der Waals surface area (Å²) in [5.74, 6) is 2.19. The quantitative estimate of drug-likeness (QED) is 0.852. The molecule has 106 valence electrons. The van der Waals surface area contributed by atoms with E-state index in [1.165, 1.54) is 36.8 Å². The molecule has 1 nitrogen and oxygen atoms in total. The summed E-state index contributed by atoms with van der Waals surface area (Å²) in [6, 6.07) is 8.54. The number of aliphatic hydroxyl groups excluding tert-OH is 1. The Hall–Kier alpha value is -0.820. The Bertz CT molecular complexity index is 388. The van der Waals surface area contributed by atoms with Gasteiger partial charge in [0, 0.05) is 0 Å². The lowest BCUT2D eigenvalue weighted by molar-refractivity contribution is 0.0675. The normalized spacial score (nSPS) is 25.5. The standard InChI is InChI=1S/C18H28O/c1-13(2)16-7-9-17(10-8-16)18(19)12-15-6-4-5-14(3)11-15/h4-6,11,13,16-19H,7-10,12H2,1-3H3. The van der Waals surface area contributed by atoms with Gasteiger partial charge < -0.3 is 5.11 Å². The lowest BCUT2D eigenvalue weighted by Gasteiger charge is -2.33. The van der Waals surface area contributed by atoms with Gasteiger partial charge in [0.15, 0.2) is 0 Å². The highest BCUT2D eigenvalue weighted by Gasteiger charge is 2.27. The zero-order valence-electron chi connectivity index (χ0n) is 12.6. The second kappa shape index (κ2) is 6.56. The van der Waals surface area contributed by atoms with Crippen molar-refractivity contribution in [1.29, 1.82) is 0 Å². The first-order chi connectivity index (χ1) is 9.06. The van der Waals surface area contributed by atoms with E-state index < -0.39 is 0 Å². The van der Waals surface area contributed by atoms with Crippen molar-refractivity contribution < 1.29 is 5.11 Å². The number of hydrogen-bond acceptors (Lipinski definition) is 1. The van der Waals surface area contributed by atoms with Gasteiger partial charge in [-0.05, 0) is 62.3 Å². The molecule has 0 bridgehead atoms. The third-order valence-corrected chi connectivity index (χ3v) is 4.83. The molecule has 0 spiro atoms. The number of aliphatic hydroxyl groups is 1. The Morgan fingerprint density at radius 2 is 1.74 bits per heavy atom. The molecule has 1 aliphatic carbocycles. The van der Waals surface area contributed by atoms with Crippen LogP contribution in [0.15, 0.2) is 24.3 Å². The summed E-state index contributed by atoms with van der Waals surface area (Å²) in [6.07, 6.45) is 5.67. The van der Waals surface area contributed by atoms with E-state index in [4.69, 9.17) is 0 Å². The number of rotatable bonds is 4. The largest absolute Gasteiger partial charge is 0.392 e. The fourth-order valence-corrected chi connectivity index (χ4v) is 3.44. The van der Waals surface area contributed by atoms with E-state index in [0.717, 1.165) is 18.3 Å². The smallest absolute Gasteiger partial charge is 0.0608 e.